The maximum atomic E-state index is 12.1. The fourth-order valence-electron chi connectivity index (χ4n) is 3.04. The van der Waals surface area contributed by atoms with Crippen LogP contribution in [0.3, 0.4) is 0 Å². The van der Waals surface area contributed by atoms with Crippen LogP contribution in [-0.2, 0) is 19.1 Å². The largest absolute Gasteiger partial charge is 0.460 e. The van der Waals surface area contributed by atoms with E-state index in [1.54, 1.807) is 0 Å². The van der Waals surface area contributed by atoms with E-state index < -0.39 is 11.2 Å². The van der Waals surface area contributed by atoms with E-state index in [2.05, 4.69) is 6.92 Å². The summed E-state index contributed by atoms with van der Waals surface area (Å²) in [4.78, 5) is 23.8. The molecule has 0 radical (unpaired) electrons. The fourth-order valence-corrected chi connectivity index (χ4v) is 3.04. The van der Waals surface area contributed by atoms with Gasteiger partial charge in [-0.15, -0.1) is 0 Å². The van der Waals surface area contributed by atoms with Crippen LogP contribution in [0.4, 0.5) is 0 Å². The molecule has 0 heterocycles. The highest BCUT2D eigenvalue weighted by Crippen LogP contribution is 2.58. The highest BCUT2D eigenvalue weighted by atomic mass is 16.6. The lowest BCUT2D eigenvalue weighted by molar-refractivity contribution is -0.157. The molecule has 134 valence electrons. The van der Waals surface area contributed by atoms with E-state index in [9.17, 15) is 9.59 Å². The van der Waals surface area contributed by atoms with Crippen LogP contribution in [0.5, 0.6) is 0 Å². The van der Waals surface area contributed by atoms with Crippen molar-refractivity contribution in [3.63, 3.8) is 0 Å². The molecule has 2 unspecified atom stereocenters. The van der Waals surface area contributed by atoms with Crippen molar-refractivity contribution in [2.45, 2.75) is 98.2 Å². The summed E-state index contributed by atoms with van der Waals surface area (Å²) in [5, 5.41) is 0. The van der Waals surface area contributed by atoms with Crippen molar-refractivity contribution < 1.29 is 19.1 Å². The zero-order valence-electron chi connectivity index (χ0n) is 16.0. The minimum atomic E-state index is -0.423. The van der Waals surface area contributed by atoms with Gasteiger partial charge >= 0.3 is 11.9 Å². The third-order valence-corrected chi connectivity index (χ3v) is 4.24. The molecule has 0 aromatic carbocycles. The third-order valence-electron chi connectivity index (χ3n) is 4.24. The van der Waals surface area contributed by atoms with E-state index in [0.29, 0.717) is 18.8 Å². The first-order valence-electron chi connectivity index (χ1n) is 8.77. The highest BCUT2D eigenvalue weighted by molar-refractivity contribution is 5.71. The molecular weight excluding hydrogens is 292 g/mol. The van der Waals surface area contributed by atoms with Gasteiger partial charge in [0.05, 0.1) is 6.42 Å². The van der Waals surface area contributed by atoms with Crippen molar-refractivity contribution in [1.82, 2.24) is 0 Å². The molecule has 0 spiro atoms. The van der Waals surface area contributed by atoms with Gasteiger partial charge in [-0.1, -0.05) is 13.3 Å². The van der Waals surface area contributed by atoms with Crippen LogP contribution in [0.15, 0.2) is 0 Å². The lowest BCUT2D eigenvalue weighted by Crippen LogP contribution is -2.26. The fraction of sp³-hybridized carbons (Fsp3) is 0.895. The minimum absolute atomic E-state index is 0.0935. The summed E-state index contributed by atoms with van der Waals surface area (Å²) < 4.78 is 10.8. The summed E-state index contributed by atoms with van der Waals surface area (Å²) >= 11 is 0. The molecule has 23 heavy (non-hydrogen) atoms. The summed E-state index contributed by atoms with van der Waals surface area (Å²) in [7, 11) is 0. The number of ether oxygens (including phenoxy) is 2. The van der Waals surface area contributed by atoms with Gasteiger partial charge in [0.15, 0.2) is 0 Å². The zero-order valence-corrected chi connectivity index (χ0v) is 16.0. The average molecular weight is 326 g/mol. The second kappa shape index (κ2) is 7.23. The van der Waals surface area contributed by atoms with Crippen molar-refractivity contribution >= 4 is 11.9 Å². The number of hydrogen-bond acceptors (Lipinski definition) is 4. The molecule has 4 heteroatoms. The van der Waals surface area contributed by atoms with Gasteiger partial charge in [-0.2, -0.15) is 0 Å². The Morgan fingerprint density at radius 3 is 1.87 bits per heavy atom. The van der Waals surface area contributed by atoms with Gasteiger partial charge in [-0.25, -0.2) is 0 Å². The maximum Gasteiger partial charge on any atom is 0.306 e. The van der Waals surface area contributed by atoms with Gasteiger partial charge in [0.1, 0.15) is 11.2 Å². The number of unbranched alkanes of at least 4 members (excludes halogenated alkanes) is 1. The number of carbonyl (C=O) groups is 2. The van der Waals surface area contributed by atoms with E-state index in [-0.39, 0.29) is 17.4 Å². The van der Waals surface area contributed by atoms with Crippen LogP contribution < -0.4 is 0 Å². The van der Waals surface area contributed by atoms with Crippen LogP contribution in [-0.4, -0.2) is 23.1 Å². The molecule has 0 bridgehead atoms. The zero-order chi connectivity index (χ0) is 17.9. The molecule has 1 aliphatic rings. The summed E-state index contributed by atoms with van der Waals surface area (Å²) in [6.45, 7) is 13.5. The summed E-state index contributed by atoms with van der Waals surface area (Å²) in [6, 6.07) is 0. The van der Waals surface area contributed by atoms with Gasteiger partial charge in [0.2, 0.25) is 0 Å². The third kappa shape index (κ3) is 7.85. The normalized spacial score (nSPS) is 24.2. The molecule has 2 atom stereocenters. The topological polar surface area (TPSA) is 52.6 Å². The smallest absolute Gasteiger partial charge is 0.306 e. The molecule has 1 fully saturated rings. The lowest BCUT2D eigenvalue weighted by Gasteiger charge is -2.23. The van der Waals surface area contributed by atoms with Crippen LogP contribution in [0.25, 0.3) is 0 Å². The molecular formula is C19H34O4. The van der Waals surface area contributed by atoms with Crippen molar-refractivity contribution in [2.75, 3.05) is 0 Å². The molecule has 1 rings (SSSR count). The minimum Gasteiger partial charge on any atom is -0.460 e. The van der Waals surface area contributed by atoms with Crippen LogP contribution in [0.1, 0.15) is 87.0 Å². The van der Waals surface area contributed by atoms with Gasteiger partial charge in [-0.3, -0.25) is 9.59 Å². The Hall–Kier alpha value is -1.06. The van der Waals surface area contributed by atoms with Crippen LogP contribution in [0.2, 0.25) is 0 Å². The summed E-state index contributed by atoms with van der Waals surface area (Å²) in [5.41, 5.74) is -0.747. The average Bonchev–Trinajstić information content (AvgIpc) is 2.90. The summed E-state index contributed by atoms with van der Waals surface area (Å²) in [6.07, 6.45) is 4.78. The second-order valence-corrected chi connectivity index (χ2v) is 9.02. The first-order chi connectivity index (χ1) is 10.3. The maximum absolute atomic E-state index is 12.1. The second-order valence-electron chi connectivity index (χ2n) is 9.02. The Balaban J connectivity index is 2.32. The van der Waals surface area contributed by atoms with Crippen molar-refractivity contribution in [2.24, 2.45) is 11.3 Å². The number of esters is 2. The molecule has 0 saturated heterocycles. The number of hydrogen-bond donors (Lipinski definition) is 0. The molecule has 0 aromatic rings. The Kier molecular flexibility index (Phi) is 6.28. The molecule has 1 saturated carbocycles. The van der Waals surface area contributed by atoms with E-state index in [1.165, 1.54) is 0 Å². The van der Waals surface area contributed by atoms with Gasteiger partial charge in [-0.05, 0) is 72.1 Å². The van der Waals surface area contributed by atoms with Crippen LogP contribution in [0, 0.1) is 11.3 Å². The predicted octanol–water partition coefficient (Wildman–Crippen LogP) is 4.65. The van der Waals surface area contributed by atoms with Gasteiger partial charge in [0, 0.05) is 6.42 Å². The first-order valence-corrected chi connectivity index (χ1v) is 8.77. The Labute approximate surface area is 141 Å². The van der Waals surface area contributed by atoms with E-state index in [4.69, 9.17) is 9.47 Å². The van der Waals surface area contributed by atoms with Crippen molar-refractivity contribution in [1.29, 1.82) is 0 Å². The Morgan fingerprint density at radius 2 is 1.43 bits per heavy atom. The Bertz CT molecular complexity index is 428. The molecule has 1 aliphatic carbocycles. The van der Waals surface area contributed by atoms with Gasteiger partial charge in [0.25, 0.3) is 0 Å². The van der Waals surface area contributed by atoms with E-state index >= 15 is 0 Å². The monoisotopic (exact) mass is 326 g/mol. The number of carbonyl (C=O) groups excluding carboxylic acids is 2. The summed E-state index contributed by atoms with van der Waals surface area (Å²) in [5.74, 6) is 0.327. The molecule has 0 aliphatic heterocycles. The van der Waals surface area contributed by atoms with E-state index in [0.717, 1.165) is 25.7 Å². The lowest BCUT2D eigenvalue weighted by atomic mass is 9.92. The van der Waals surface area contributed by atoms with Crippen LogP contribution >= 0.6 is 0 Å². The van der Waals surface area contributed by atoms with Crippen molar-refractivity contribution in [3.05, 3.63) is 0 Å². The highest BCUT2D eigenvalue weighted by Gasteiger charge is 2.51. The molecule has 4 nitrogen and oxygen atoms in total. The molecule has 0 N–H and O–H groups in total. The van der Waals surface area contributed by atoms with Gasteiger partial charge < -0.3 is 9.47 Å². The predicted molar refractivity (Wildman–Crippen MR) is 91.0 cm³/mol. The quantitative estimate of drug-likeness (QED) is 0.505. The molecule has 0 amide bonds. The first kappa shape index (κ1) is 20.0. The number of rotatable bonds is 7. The molecule has 0 aromatic heterocycles. The SMILES string of the molecule is CC1CC1(CCCCC(=O)OC(C)(C)C)CC(=O)OC(C)(C)C. The van der Waals surface area contributed by atoms with Crippen molar-refractivity contribution in [3.8, 4) is 0 Å². The Morgan fingerprint density at radius 1 is 0.957 bits per heavy atom. The standard InChI is InChI=1S/C19H34O4/c1-14-12-19(14,13-16(21)23-18(5,6)7)11-9-8-10-15(20)22-17(2,3)4/h14H,8-13H2,1-7H3. The van der Waals surface area contributed by atoms with E-state index in [1.807, 2.05) is 41.5 Å².